The van der Waals surface area contributed by atoms with Crippen molar-refractivity contribution < 1.29 is 4.79 Å². The molecule has 1 heteroatoms. The van der Waals surface area contributed by atoms with Crippen LogP contribution in [0.5, 0.6) is 0 Å². The topological polar surface area (TPSA) is 17.1 Å². The van der Waals surface area contributed by atoms with Crippen LogP contribution in [-0.4, -0.2) is 5.78 Å². The molecule has 0 heterocycles. The number of benzene rings is 2. The normalized spacial score (nSPS) is 11.0. The molecule has 0 aliphatic heterocycles. The molecule has 0 fully saturated rings. The van der Waals surface area contributed by atoms with Crippen LogP contribution in [0.4, 0.5) is 0 Å². The molecule has 0 atom stereocenters. The zero-order valence-electron chi connectivity index (χ0n) is 13.5. The van der Waals surface area contributed by atoms with Crippen molar-refractivity contribution in [2.45, 2.75) is 59.3 Å². The van der Waals surface area contributed by atoms with Gasteiger partial charge in [0.25, 0.3) is 0 Å². The monoisotopic (exact) mass is 282 g/mol. The van der Waals surface area contributed by atoms with Crippen molar-refractivity contribution in [3.05, 3.63) is 47.0 Å². The quantitative estimate of drug-likeness (QED) is 0.593. The molecule has 0 N–H and O–H groups in total. The molecule has 0 bridgehead atoms. The zero-order valence-corrected chi connectivity index (χ0v) is 13.5. The average Bonchev–Trinajstić information content (AvgIpc) is 2.50. The Morgan fingerprint density at radius 3 is 2.33 bits per heavy atom. The minimum absolute atomic E-state index is 0.157. The molecule has 0 amide bonds. The number of hydrogen-bond acceptors (Lipinski definition) is 1. The molecule has 0 saturated carbocycles. The van der Waals surface area contributed by atoms with Gasteiger partial charge in [0.1, 0.15) is 0 Å². The zero-order chi connectivity index (χ0) is 15.2. The van der Waals surface area contributed by atoms with Crippen LogP contribution >= 0.6 is 0 Å². The van der Waals surface area contributed by atoms with Gasteiger partial charge < -0.3 is 0 Å². The fourth-order valence-corrected chi connectivity index (χ4v) is 2.80. The van der Waals surface area contributed by atoms with E-state index >= 15 is 0 Å². The Morgan fingerprint density at radius 1 is 0.952 bits per heavy atom. The lowest BCUT2D eigenvalue weighted by atomic mass is 9.94. The van der Waals surface area contributed by atoms with Crippen molar-refractivity contribution >= 4 is 16.6 Å². The summed E-state index contributed by atoms with van der Waals surface area (Å²) in [7, 11) is 0. The third-order valence-electron chi connectivity index (χ3n) is 4.13. The Kier molecular flexibility index (Phi) is 5.55. The fraction of sp³-hybridized carbons (Fsp3) is 0.450. The van der Waals surface area contributed by atoms with E-state index in [9.17, 15) is 4.79 Å². The van der Waals surface area contributed by atoms with Crippen LogP contribution in [0.2, 0.25) is 0 Å². The first-order chi connectivity index (χ1) is 10.2. The van der Waals surface area contributed by atoms with E-state index in [1.54, 1.807) is 6.92 Å². The van der Waals surface area contributed by atoms with E-state index in [0.717, 1.165) is 18.4 Å². The molecule has 0 aromatic heterocycles. The van der Waals surface area contributed by atoms with Gasteiger partial charge in [0.05, 0.1) is 0 Å². The highest BCUT2D eigenvalue weighted by Gasteiger charge is 2.08. The number of aryl methyl sites for hydroxylation is 2. The molecular formula is C20H26O. The molecular weight excluding hydrogens is 256 g/mol. The molecule has 0 aliphatic rings. The van der Waals surface area contributed by atoms with Gasteiger partial charge in [-0.1, -0.05) is 44.9 Å². The van der Waals surface area contributed by atoms with Gasteiger partial charge in [0.2, 0.25) is 0 Å². The van der Waals surface area contributed by atoms with Gasteiger partial charge in [-0.2, -0.15) is 0 Å². The van der Waals surface area contributed by atoms with Crippen LogP contribution in [0.3, 0.4) is 0 Å². The fourth-order valence-electron chi connectivity index (χ4n) is 2.80. The maximum atomic E-state index is 11.7. The molecule has 112 valence electrons. The van der Waals surface area contributed by atoms with Gasteiger partial charge in [-0.3, -0.25) is 4.79 Å². The van der Waals surface area contributed by atoms with Gasteiger partial charge in [-0.15, -0.1) is 0 Å². The summed E-state index contributed by atoms with van der Waals surface area (Å²) in [6.45, 7) is 6.09. The first-order valence-electron chi connectivity index (χ1n) is 8.22. The molecule has 0 aliphatic carbocycles. The molecule has 0 saturated heterocycles. The van der Waals surface area contributed by atoms with Crippen LogP contribution in [-0.2, 0) is 12.8 Å². The number of rotatable bonds is 7. The smallest absolute Gasteiger partial charge is 0.159 e. The van der Waals surface area contributed by atoms with E-state index in [4.69, 9.17) is 0 Å². The summed E-state index contributed by atoms with van der Waals surface area (Å²) in [6.07, 6.45) is 7.03. The summed E-state index contributed by atoms with van der Waals surface area (Å²) in [5.74, 6) is 0.157. The molecule has 2 aromatic carbocycles. The van der Waals surface area contributed by atoms with Crippen LogP contribution < -0.4 is 0 Å². The Labute approximate surface area is 128 Å². The molecule has 1 nitrogen and oxygen atoms in total. The molecule has 2 rings (SSSR count). The summed E-state index contributed by atoms with van der Waals surface area (Å²) in [4.78, 5) is 11.7. The van der Waals surface area contributed by atoms with E-state index in [-0.39, 0.29) is 5.78 Å². The minimum Gasteiger partial charge on any atom is -0.295 e. The van der Waals surface area contributed by atoms with Crippen molar-refractivity contribution in [3.63, 3.8) is 0 Å². The van der Waals surface area contributed by atoms with E-state index in [1.165, 1.54) is 47.6 Å². The highest BCUT2D eigenvalue weighted by atomic mass is 16.1. The average molecular weight is 282 g/mol. The third-order valence-corrected chi connectivity index (χ3v) is 4.13. The van der Waals surface area contributed by atoms with E-state index in [0.29, 0.717) is 0 Å². The molecule has 2 aromatic rings. The number of unbranched alkanes of at least 4 members (excludes halogenated alkanes) is 2. The highest BCUT2D eigenvalue weighted by molar-refractivity contribution is 5.99. The third kappa shape index (κ3) is 3.93. The van der Waals surface area contributed by atoms with Crippen LogP contribution in [0, 0.1) is 0 Å². The molecule has 0 unspecified atom stereocenters. The molecule has 21 heavy (non-hydrogen) atoms. The predicted octanol–water partition coefficient (Wildman–Crippen LogP) is 5.73. The van der Waals surface area contributed by atoms with Crippen LogP contribution in [0.15, 0.2) is 30.3 Å². The van der Waals surface area contributed by atoms with Gasteiger partial charge in [0, 0.05) is 5.56 Å². The Hall–Kier alpha value is -1.63. The lowest BCUT2D eigenvalue weighted by Crippen LogP contribution is -1.97. The van der Waals surface area contributed by atoms with Gasteiger partial charge in [0.15, 0.2) is 5.78 Å². The van der Waals surface area contributed by atoms with Crippen LogP contribution in [0.1, 0.15) is 67.9 Å². The minimum atomic E-state index is 0.157. The predicted molar refractivity (Wildman–Crippen MR) is 91.2 cm³/mol. The van der Waals surface area contributed by atoms with Gasteiger partial charge in [-0.05, 0) is 66.6 Å². The number of carbonyl (C=O) groups excluding carboxylic acids is 1. The Morgan fingerprint density at radius 2 is 1.67 bits per heavy atom. The summed E-state index contributed by atoms with van der Waals surface area (Å²) in [5, 5.41) is 2.54. The van der Waals surface area contributed by atoms with Crippen molar-refractivity contribution in [3.8, 4) is 0 Å². The molecule has 0 radical (unpaired) electrons. The van der Waals surface area contributed by atoms with Crippen molar-refractivity contribution in [2.75, 3.05) is 0 Å². The summed E-state index contributed by atoms with van der Waals surface area (Å²) >= 11 is 0. The second-order valence-electron chi connectivity index (χ2n) is 5.95. The highest BCUT2D eigenvalue weighted by Crippen LogP contribution is 2.25. The Balaban J connectivity index is 2.47. The maximum absolute atomic E-state index is 11.7. The number of ketones is 1. The van der Waals surface area contributed by atoms with E-state index in [1.807, 2.05) is 6.07 Å². The van der Waals surface area contributed by atoms with Crippen molar-refractivity contribution in [1.82, 2.24) is 0 Å². The van der Waals surface area contributed by atoms with Crippen molar-refractivity contribution in [1.29, 1.82) is 0 Å². The second kappa shape index (κ2) is 7.40. The Bertz CT molecular complexity index is 625. The summed E-state index contributed by atoms with van der Waals surface area (Å²) in [6, 6.07) is 10.9. The number of hydrogen-bond donors (Lipinski definition) is 0. The summed E-state index contributed by atoms with van der Waals surface area (Å²) in [5.41, 5.74) is 3.59. The number of carbonyl (C=O) groups is 1. The standard InChI is InChI=1S/C20H26O/c1-4-6-8-16-10-11-18-14-19(15(3)21)13-17(9-7-5-2)20(18)12-16/h10-14H,4-9H2,1-3H3. The lowest BCUT2D eigenvalue weighted by molar-refractivity contribution is 0.101. The summed E-state index contributed by atoms with van der Waals surface area (Å²) < 4.78 is 0. The largest absolute Gasteiger partial charge is 0.295 e. The number of fused-ring (bicyclic) bond motifs is 1. The van der Waals surface area contributed by atoms with Crippen molar-refractivity contribution in [2.24, 2.45) is 0 Å². The lowest BCUT2D eigenvalue weighted by Gasteiger charge is -2.11. The first kappa shape index (κ1) is 15.8. The van der Waals surface area contributed by atoms with Gasteiger partial charge >= 0.3 is 0 Å². The van der Waals surface area contributed by atoms with E-state index < -0.39 is 0 Å². The molecule has 0 spiro atoms. The SMILES string of the molecule is CCCCc1ccc2cc(C(C)=O)cc(CCCC)c2c1. The van der Waals surface area contributed by atoms with Crippen LogP contribution in [0.25, 0.3) is 10.8 Å². The second-order valence-corrected chi connectivity index (χ2v) is 5.95. The number of Topliss-reactive ketones (excluding diaryl/α,β-unsaturated/α-hetero) is 1. The maximum Gasteiger partial charge on any atom is 0.159 e. The van der Waals surface area contributed by atoms with Gasteiger partial charge in [-0.25, -0.2) is 0 Å². The van der Waals surface area contributed by atoms with E-state index in [2.05, 4.69) is 38.1 Å². The first-order valence-corrected chi connectivity index (χ1v) is 8.22.